The monoisotopic (exact) mass is 177 g/mol. The fourth-order valence-electron chi connectivity index (χ4n) is 1.68. The van der Waals surface area contributed by atoms with Crippen molar-refractivity contribution in [2.24, 2.45) is 11.8 Å². The molecule has 11 heavy (non-hydrogen) atoms. The summed E-state index contributed by atoms with van der Waals surface area (Å²) in [6, 6.07) is 0. The van der Waals surface area contributed by atoms with Crippen LogP contribution >= 0.6 is 12.4 Å². The molecule has 0 aliphatic carbocycles. The van der Waals surface area contributed by atoms with Crippen LogP contribution in [0, 0.1) is 11.8 Å². The van der Waals surface area contributed by atoms with E-state index in [9.17, 15) is 0 Å². The molecule has 1 N–H and O–H groups in total. The molecule has 1 unspecified atom stereocenters. The largest absolute Gasteiger partial charge is 0.311 e. The SMILES string of the molecule is CC(C)C1CNC(C)(C)C1.Cl. The molecule has 1 heterocycles. The lowest BCUT2D eigenvalue weighted by Gasteiger charge is -2.18. The molecule has 1 aliphatic rings. The zero-order valence-corrected chi connectivity index (χ0v) is 8.79. The predicted octanol–water partition coefficient (Wildman–Crippen LogP) is 2.45. The molecule has 0 aromatic carbocycles. The van der Waals surface area contributed by atoms with Crippen molar-refractivity contribution < 1.29 is 0 Å². The van der Waals surface area contributed by atoms with E-state index in [2.05, 4.69) is 33.0 Å². The molecule has 0 saturated carbocycles. The molecule has 0 radical (unpaired) electrons. The molecule has 1 aliphatic heterocycles. The third-order valence-electron chi connectivity index (χ3n) is 2.56. The number of halogens is 1. The first-order valence-electron chi connectivity index (χ1n) is 4.26. The van der Waals surface area contributed by atoms with Crippen LogP contribution in [0.3, 0.4) is 0 Å². The van der Waals surface area contributed by atoms with Gasteiger partial charge in [0.15, 0.2) is 0 Å². The van der Waals surface area contributed by atoms with Crippen molar-refractivity contribution in [2.45, 2.75) is 39.7 Å². The highest BCUT2D eigenvalue weighted by Crippen LogP contribution is 2.28. The highest BCUT2D eigenvalue weighted by Gasteiger charge is 2.31. The zero-order valence-electron chi connectivity index (χ0n) is 7.98. The fourth-order valence-corrected chi connectivity index (χ4v) is 1.68. The van der Waals surface area contributed by atoms with Gasteiger partial charge >= 0.3 is 0 Å². The highest BCUT2D eigenvalue weighted by molar-refractivity contribution is 5.85. The molecule has 1 atom stereocenters. The van der Waals surface area contributed by atoms with E-state index in [1.54, 1.807) is 0 Å². The molecule has 68 valence electrons. The van der Waals surface area contributed by atoms with Gasteiger partial charge in [0, 0.05) is 5.54 Å². The van der Waals surface area contributed by atoms with E-state index in [-0.39, 0.29) is 12.4 Å². The average molecular weight is 178 g/mol. The average Bonchev–Trinajstić information content (AvgIpc) is 2.10. The second-order valence-corrected chi connectivity index (χ2v) is 4.47. The van der Waals surface area contributed by atoms with E-state index in [1.165, 1.54) is 13.0 Å². The summed E-state index contributed by atoms with van der Waals surface area (Å²) in [5.74, 6) is 1.74. The van der Waals surface area contributed by atoms with Gasteiger partial charge in [-0.3, -0.25) is 0 Å². The van der Waals surface area contributed by atoms with Crippen LogP contribution in [0.2, 0.25) is 0 Å². The predicted molar refractivity (Wildman–Crippen MR) is 52.3 cm³/mol. The van der Waals surface area contributed by atoms with Gasteiger partial charge in [0.25, 0.3) is 0 Å². The first-order chi connectivity index (χ1) is 4.51. The molecule has 1 nitrogen and oxygen atoms in total. The Morgan fingerprint density at radius 3 is 2.09 bits per heavy atom. The van der Waals surface area contributed by atoms with Crippen molar-refractivity contribution in [3.8, 4) is 0 Å². The maximum absolute atomic E-state index is 3.53. The van der Waals surface area contributed by atoms with Crippen molar-refractivity contribution in [2.75, 3.05) is 6.54 Å². The lowest BCUT2D eigenvalue weighted by molar-refractivity contribution is 0.382. The van der Waals surface area contributed by atoms with E-state index in [4.69, 9.17) is 0 Å². The Labute approximate surface area is 76.4 Å². The van der Waals surface area contributed by atoms with Crippen LogP contribution in [0.5, 0.6) is 0 Å². The van der Waals surface area contributed by atoms with E-state index < -0.39 is 0 Å². The Hall–Kier alpha value is 0.250. The van der Waals surface area contributed by atoms with Crippen LogP contribution in [0.25, 0.3) is 0 Å². The van der Waals surface area contributed by atoms with Gasteiger partial charge in [0.1, 0.15) is 0 Å². The van der Waals surface area contributed by atoms with Crippen molar-refractivity contribution >= 4 is 12.4 Å². The Balaban J connectivity index is 0.000001000. The molecule has 0 bridgehead atoms. The molecule has 0 aromatic rings. The van der Waals surface area contributed by atoms with Crippen molar-refractivity contribution in [3.63, 3.8) is 0 Å². The van der Waals surface area contributed by atoms with Crippen molar-refractivity contribution in [1.82, 2.24) is 5.32 Å². The van der Waals surface area contributed by atoms with Gasteiger partial charge < -0.3 is 5.32 Å². The van der Waals surface area contributed by atoms with Crippen LogP contribution < -0.4 is 5.32 Å². The Morgan fingerprint density at radius 1 is 1.36 bits per heavy atom. The topological polar surface area (TPSA) is 12.0 Å². The van der Waals surface area contributed by atoms with Gasteiger partial charge in [0.2, 0.25) is 0 Å². The summed E-state index contributed by atoms with van der Waals surface area (Å²) in [7, 11) is 0. The summed E-state index contributed by atoms with van der Waals surface area (Å²) < 4.78 is 0. The second-order valence-electron chi connectivity index (χ2n) is 4.47. The van der Waals surface area contributed by atoms with Crippen molar-refractivity contribution in [3.05, 3.63) is 0 Å². The van der Waals surface area contributed by atoms with Gasteiger partial charge in [-0.05, 0) is 38.6 Å². The number of rotatable bonds is 1. The van der Waals surface area contributed by atoms with Gasteiger partial charge in [-0.25, -0.2) is 0 Å². The molecule has 1 fully saturated rings. The summed E-state index contributed by atoms with van der Waals surface area (Å²) in [4.78, 5) is 0. The summed E-state index contributed by atoms with van der Waals surface area (Å²) in [6.45, 7) is 10.4. The Bertz CT molecular complexity index is 121. The van der Waals surface area contributed by atoms with Crippen LogP contribution in [0.4, 0.5) is 0 Å². The smallest absolute Gasteiger partial charge is 0.0128 e. The summed E-state index contributed by atoms with van der Waals surface area (Å²) in [6.07, 6.45) is 1.34. The minimum absolute atomic E-state index is 0. The van der Waals surface area contributed by atoms with E-state index in [0.717, 1.165) is 11.8 Å². The van der Waals surface area contributed by atoms with Crippen molar-refractivity contribution in [1.29, 1.82) is 0 Å². The van der Waals surface area contributed by atoms with E-state index in [1.807, 2.05) is 0 Å². The number of nitrogens with one attached hydrogen (secondary N) is 1. The molecular formula is C9H20ClN. The number of hydrogen-bond donors (Lipinski definition) is 1. The molecule has 1 saturated heterocycles. The standard InChI is InChI=1S/C9H19N.ClH/c1-7(2)8-5-9(3,4)10-6-8;/h7-8,10H,5-6H2,1-4H3;1H. The van der Waals surface area contributed by atoms with Crippen LogP contribution in [-0.2, 0) is 0 Å². The lowest BCUT2D eigenvalue weighted by atomic mass is 9.89. The lowest BCUT2D eigenvalue weighted by Crippen LogP contribution is -2.31. The molecule has 0 aromatic heterocycles. The normalized spacial score (nSPS) is 28.6. The third kappa shape index (κ3) is 3.00. The quantitative estimate of drug-likeness (QED) is 0.649. The van der Waals surface area contributed by atoms with Crippen LogP contribution in [-0.4, -0.2) is 12.1 Å². The summed E-state index contributed by atoms with van der Waals surface area (Å²) >= 11 is 0. The molecular weight excluding hydrogens is 158 g/mol. The van der Waals surface area contributed by atoms with Gasteiger partial charge in [0.05, 0.1) is 0 Å². The molecule has 2 heteroatoms. The number of hydrogen-bond acceptors (Lipinski definition) is 1. The van der Waals surface area contributed by atoms with E-state index in [0.29, 0.717) is 5.54 Å². The molecule has 0 spiro atoms. The van der Waals surface area contributed by atoms with Gasteiger partial charge in [-0.2, -0.15) is 0 Å². The molecule has 1 rings (SSSR count). The van der Waals surface area contributed by atoms with E-state index >= 15 is 0 Å². The first kappa shape index (κ1) is 11.2. The fraction of sp³-hybridized carbons (Fsp3) is 1.00. The second kappa shape index (κ2) is 3.77. The van der Waals surface area contributed by atoms with Crippen LogP contribution in [0.1, 0.15) is 34.1 Å². The Kier molecular flexibility index (Phi) is 3.86. The minimum Gasteiger partial charge on any atom is -0.311 e. The zero-order chi connectivity index (χ0) is 7.78. The maximum atomic E-state index is 3.53. The molecule has 0 amide bonds. The minimum atomic E-state index is 0. The maximum Gasteiger partial charge on any atom is 0.0128 e. The Morgan fingerprint density at radius 2 is 1.91 bits per heavy atom. The summed E-state index contributed by atoms with van der Waals surface area (Å²) in [5.41, 5.74) is 0.398. The first-order valence-corrected chi connectivity index (χ1v) is 4.26. The highest BCUT2D eigenvalue weighted by atomic mass is 35.5. The van der Waals surface area contributed by atoms with Gasteiger partial charge in [-0.1, -0.05) is 13.8 Å². The third-order valence-corrected chi connectivity index (χ3v) is 2.56. The summed E-state index contributed by atoms with van der Waals surface area (Å²) in [5, 5.41) is 3.53. The van der Waals surface area contributed by atoms with Crippen LogP contribution in [0.15, 0.2) is 0 Å². The van der Waals surface area contributed by atoms with Gasteiger partial charge in [-0.15, -0.1) is 12.4 Å².